The second kappa shape index (κ2) is 6.93. The van der Waals surface area contributed by atoms with Crippen LogP contribution in [0.1, 0.15) is 36.5 Å². The van der Waals surface area contributed by atoms with Gasteiger partial charge in [0.05, 0.1) is 0 Å². The molecule has 0 aromatic heterocycles. The molecule has 1 amide bonds. The Labute approximate surface area is 113 Å². The molecule has 7 heteroatoms. The number of unbranched alkanes of at least 4 members (excludes halogenated alkanes) is 1. The van der Waals surface area contributed by atoms with E-state index in [0.717, 1.165) is 0 Å². The standard InChI is InChI=1S/C13H14F3NO3/c1-2-3-4-9(13(19)20)17-12(18)10-7(14)5-6-8(15)11(10)16/h5-6,9H,2-4H2,1H3,(H,17,18)(H,19,20). The highest BCUT2D eigenvalue weighted by molar-refractivity contribution is 5.97. The molecule has 2 N–H and O–H groups in total. The third-order valence-corrected chi connectivity index (χ3v) is 2.72. The van der Waals surface area contributed by atoms with Crippen LogP contribution in [0.3, 0.4) is 0 Å². The average Bonchev–Trinajstić information content (AvgIpc) is 2.39. The van der Waals surface area contributed by atoms with Crippen LogP contribution in [0.25, 0.3) is 0 Å². The van der Waals surface area contributed by atoms with Crippen LogP contribution in [0.15, 0.2) is 12.1 Å². The van der Waals surface area contributed by atoms with Crippen molar-refractivity contribution in [3.8, 4) is 0 Å². The zero-order valence-corrected chi connectivity index (χ0v) is 10.8. The molecule has 20 heavy (non-hydrogen) atoms. The molecule has 0 aliphatic rings. The van der Waals surface area contributed by atoms with Crippen LogP contribution in [0.4, 0.5) is 13.2 Å². The van der Waals surface area contributed by atoms with Crippen LogP contribution in [-0.2, 0) is 4.79 Å². The Bertz CT molecular complexity index is 520. The molecular formula is C13H14F3NO3. The molecule has 1 unspecified atom stereocenters. The summed E-state index contributed by atoms with van der Waals surface area (Å²) < 4.78 is 39.7. The van der Waals surface area contributed by atoms with Crippen LogP contribution in [0.2, 0.25) is 0 Å². The van der Waals surface area contributed by atoms with Gasteiger partial charge in [-0.2, -0.15) is 0 Å². The number of carboxylic acid groups (broad SMARTS) is 1. The van der Waals surface area contributed by atoms with Crippen molar-refractivity contribution in [1.29, 1.82) is 0 Å². The summed E-state index contributed by atoms with van der Waals surface area (Å²) in [7, 11) is 0. The molecule has 0 heterocycles. The first kappa shape index (κ1) is 16.0. The van der Waals surface area contributed by atoms with E-state index in [1.807, 2.05) is 12.2 Å². The lowest BCUT2D eigenvalue weighted by Crippen LogP contribution is -2.41. The van der Waals surface area contributed by atoms with E-state index in [4.69, 9.17) is 5.11 Å². The largest absolute Gasteiger partial charge is 0.480 e. The van der Waals surface area contributed by atoms with Crippen LogP contribution < -0.4 is 5.32 Å². The first-order valence-corrected chi connectivity index (χ1v) is 6.05. The molecule has 0 saturated heterocycles. The van der Waals surface area contributed by atoms with Crippen molar-refractivity contribution in [2.24, 2.45) is 0 Å². The summed E-state index contributed by atoms with van der Waals surface area (Å²) in [4.78, 5) is 22.6. The van der Waals surface area contributed by atoms with Gasteiger partial charge in [-0.15, -0.1) is 0 Å². The van der Waals surface area contributed by atoms with Crippen molar-refractivity contribution in [3.63, 3.8) is 0 Å². The van der Waals surface area contributed by atoms with E-state index in [-0.39, 0.29) is 6.42 Å². The van der Waals surface area contributed by atoms with Crippen LogP contribution in [-0.4, -0.2) is 23.0 Å². The van der Waals surface area contributed by atoms with Gasteiger partial charge >= 0.3 is 5.97 Å². The van der Waals surface area contributed by atoms with Crippen LogP contribution in [0, 0.1) is 17.5 Å². The van der Waals surface area contributed by atoms with Crippen molar-refractivity contribution < 1.29 is 27.9 Å². The van der Waals surface area contributed by atoms with E-state index in [0.29, 0.717) is 25.0 Å². The molecule has 1 aromatic carbocycles. The second-order valence-corrected chi connectivity index (χ2v) is 4.22. The quantitative estimate of drug-likeness (QED) is 0.791. The number of benzene rings is 1. The highest BCUT2D eigenvalue weighted by Gasteiger charge is 2.25. The maximum absolute atomic E-state index is 13.4. The van der Waals surface area contributed by atoms with E-state index in [9.17, 15) is 22.8 Å². The van der Waals surface area contributed by atoms with Gasteiger partial charge in [0.1, 0.15) is 17.4 Å². The first-order valence-electron chi connectivity index (χ1n) is 6.05. The number of hydrogen-bond donors (Lipinski definition) is 2. The van der Waals surface area contributed by atoms with Gasteiger partial charge in [-0.1, -0.05) is 19.8 Å². The van der Waals surface area contributed by atoms with E-state index in [1.165, 1.54) is 0 Å². The summed E-state index contributed by atoms with van der Waals surface area (Å²) in [6, 6.07) is -0.118. The summed E-state index contributed by atoms with van der Waals surface area (Å²) in [6.07, 6.45) is 1.34. The number of nitrogens with one attached hydrogen (secondary N) is 1. The van der Waals surface area contributed by atoms with Crippen LogP contribution >= 0.6 is 0 Å². The number of aliphatic carboxylic acids is 1. The topological polar surface area (TPSA) is 66.4 Å². The molecule has 4 nitrogen and oxygen atoms in total. The lowest BCUT2D eigenvalue weighted by atomic mass is 10.1. The van der Waals surface area contributed by atoms with Crippen molar-refractivity contribution in [2.75, 3.05) is 0 Å². The SMILES string of the molecule is CCCCC(NC(=O)c1c(F)ccc(F)c1F)C(=O)O. The number of carbonyl (C=O) groups excluding carboxylic acids is 1. The van der Waals surface area contributed by atoms with Gasteiger partial charge in [0, 0.05) is 0 Å². The minimum absolute atomic E-state index is 0.121. The fourth-order valence-corrected chi connectivity index (χ4v) is 1.63. The maximum Gasteiger partial charge on any atom is 0.326 e. The normalized spacial score (nSPS) is 12.0. The highest BCUT2D eigenvalue weighted by Crippen LogP contribution is 2.16. The Morgan fingerprint density at radius 1 is 1.25 bits per heavy atom. The fourth-order valence-electron chi connectivity index (χ4n) is 1.63. The molecule has 1 atom stereocenters. The van der Waals surface area contributed by atoms with Gasteiger partial charge < -0.3 is 10.4 Å². The summed E-state index contributed by atoms with van der Waals surface area (Å²) in [5.41, 5.74) is -1.12. The predicted octanol–water partition coefficient (Wildman–Crippen LogP) is 2.48. The molecule has 0 saturated carbocycles. The van der Waals surface area contributed by atoms with Crippen molar-refractivity contribution in [1.82, 2.24) is 5.32 Å². The molecular weight excluding hydrogens is 275 g/mol. The number of amides is 1. The smallest absolute Gasteiger partial charge is 0.326 e. The molecule has 0 aliphatic carbocycles. The Morgan fingerprint density at radius 2 is 1.85 bits per heavy atom. The van der Waals surface area contributed by atoms with Gasteiger partial charge in [0.25, 0.3) is 5.91 Å². The number of rotatable bonds is 6. The van der Waals surface area contributed by atoms with Gasteiger partial charge in [-0.3, -0.25) is 4.79 Å². The van der Waals surface area contributed by atoms with E-state index < -0.39 is 40.9 Å². The third kappa shape index (κ3) is 3.72. The molecule has 0 fully saturated rings. The minimum atomic E-state index is -1.64. The number of hydrogen-bond acceptors (Lipinski definition) is 2. The number of carboxylic acids is 1. The number of halogens is 3. The molecule has 0 aliphatic heterocycles. The molecule has 0 bridgehead atoms. The van der Waals surface area contributed by atoms with Gasteiger partial charge in [-0.25, -0.2) is 18.0 Å². The molecule has 0 radical (unpaired) electrons. The lowest BCUT2D eigenvalue weighted by Gasteiger charge is -2.14. The molecule has 1 aromatic rings. The van der Waals surface area contributed by atoms with Crippen molar-refractivity contribution >= 4 is 11.9 Å². The number of carbonyl (C=O) groups is 2. The Balaban J connectivity index is 2.95. The maximum atomic E-state index is 13.4. The average molecular weight is 289 g/mol. The van der Waals surface area contributed by atoms with Crippen molar-refractivity contribution in [2.45, 2.75) is 32.2 Å². The Hall–Kier alpha value is -2.05. The molecule has 110 valence electrons. The zero-order valence-electron chi connectivity index (χ0n) is 10.8. The molecule has 0 spiro atoms. The molecule has 1 rings (SSSR count). The second-order valence-electron chi connectivity index (χ2n) is 4.22. The first-order chi connectivity index (χ1) is 9.38. The van der Waals surface area contributed by atoms with Crippen LogP contribution in [0.5, 0.6) is 0 Å². The van der Waals surface area contributed by atoms with E-state index in [1.54, 1.807) is 0 Å². The highest BCUT2D eigenvalue weighted by atomic mass is 19.2. The predicted molar refractivity (Wildman–Crippen MR) is 64.7 cm³/mol. The fraction of sp³-hybridized carbons (Fsp3) is 0.385. The summed E-state index contributed by atoms with van der Waals surface area (Å²) in [5.74, 6) is -6.87. The Morgan fingerprint density at radius 3 is 2.40 bits per heavy atom. The monoisotopic (exact) mass is 289 g/mol. The van der Waals surface area contributed by atoms with E-state index in [2.05, 4.69) is 0 Å². The van der Waals surface area contributed by atoms with Gasteiger partial charge in [0.2, 0.25) is 0 Å². The van der Waals surface area contributed by atoms with E-state index >= 15 is 0 Å². The Kier molecular flexibility index (Phi) is 5.54. The van der Waals surface area contributed by atoms with Gasteiger partial charge in [0.15, 0.2) is 11.6 Å². The third-order valence-electron chi connectivity index (χ3n) is 2.72. The summed E-state index contributed by atoms with van der Waals surface area (Å²) in [6.45, 7) is 1.83. The summed E-state index contributed by atoms with van der Waals surface area (Å²) in [5, 5.41) is 10.9. The summed E-state index contributed by atoms with van der Waals surface area (Å²) >= 11 is 0. The zero-order chi connectivity index (χ0) is 15.3. The lowest BCUT2D eigenvalue weighted by molar-refractivity contribution is -0.139. The van der Waals surface area contributed by atoms with Gasteiger partial charge in [-0.05, 0) is 18.6 Å². The van der Waals surface area contributed by atoms with Crippen molar-refractivity contribution in [3.05, 3.63) is 35.1 Å². The minimum Gasteiger partial charge on any atom is -0.480 e.